The normalized spacial score (nSPS) is 44.1. The molecule has 0 spiro atoms. The molecule has 0 aromatic heterocycles. The predicted molar refractivity (Wildman–Crippen MR) is 59.1 cm³/mol. The van der Waals surface area contributed by atoms with Gasteiger partial charge >= 0.3 is 0 Å². The summed E-state index contributed by atoms with van der Waals surface area (Å²) in [6.07, 6.45) is 10.6. The summed E-state index contributed by atoms with van der Waals surface area (Å²) in [5.74, 6) is 2.78. The Morgan fingerprint density at radius 2 is 1.86 bits per heavy atom. The number of aliphatic hydroxyl groups is 1. The smallest absolute Gasteiger partial charge is 0.0543 e. The highest BCUT2D eigenvalue weighted by Crippen LogP contribution is 2.43. The van der Waals surface area contributed by atoms with Gasteiger partial charge in [0.05, 0.1) is 6.10 Å². The minimum absolute atomic E-state index is 0.0273. The van der Waals surface area contributed by atoms with Crippen molar-refractivity contribution in [1.29, 1.82) is 0 Å². The Balaban J connectivity index is 1.93. The first kappa shape index (κ1) is 10.5. The van der Waals surface area contributed by atoms with E-state index in [-0.39, 0.29) is 6.10 Å². The standard InChI is InChI=1S/C13H24O/c1-2-10-5-3-4-6-13(10)11-7-8-12(14)9-11/h10-14H,2-9H2,1H3. The largest absolute Gasteiger partial charge is 0.393 e. The van der Waals surface area contributed by atoms with Gasteiger partial charge in [-0.05, 0) is 43.4 Å². The van der Waals surface area contributed by atoms with Crippen molar-refractivity contribution >= 4 is 0 Å². The van der Waals surface area contributed by atoms with E-state index in [4.69, 9.17) is 0 Å². The van der Waals surface area contributed by atoms with E-state index in [0.717, 1.165) is 30.6 Å². The molecule has 0 aromatic rings. The lowest BCUT2D eigenvalue weighted by molar-refractivity contribution is 0.132. The zero-order chi connectivity index (χ0) is 9.97. The summed E-state index contributed by atoms with van der Waals surface area (Å²) in [4.78, 5) is 0. The minimum Gasteiger partial charge on any atom is -0.393 e. The van der Waals surface area contributed by atoms with Gasteiger partial charge in [-0.1, -0.05) is 32.6 Å². The zero-order valence-electron chi connectivity index (χ0n) is 9.41. The highest BCUT2D eigenvalue weighted by molar-refractivity contribution is 4.85. The highest BCUT2D eigenvalue weighted by Gasteiger charge is 2.34. The molecule has 4 unspecified atom stereocenters. The summed E-state index contributed by atoms with van der Waals surface area (Å²) < 4.78 is 0. The summed E-state index contributed by atoms with van der Waals surface area (Å²) in [6.45, 7) is 2.34. The molecular weight excluding hydrogens is 172 g/mol. The maximum Gasteiger partial charge on any atom is 0.0543 e. The Morgan fingerprint density at radius 1 is 1.07 bits per heavy atom. The van der Waals surface area contributed by atoms with Crippen LogP contribution in [-0.2, 0) is 0 Å². The van der Waals surface area contributed by atoms with E-state index >= 15 is 0 Å². The van der Waals surface area contributed by atoms with E-state index in [1.165, 1.54) is 38.5 Å². The molecule has 0 aromatic carbocycles. The number of hydrogen-bond acceptors (Lipinski definition) is 1. The molecule has 0 bridgehead atoms. The Kier molecular flexibility index (Phi) is 3.48. The molecule has 1 N–H and O–H groups in total. The highest BCUT2D eigenvalue weighted by atomic mass is 16.3. The second-order valence-corrected chi connectivity index (χ2v) is 5.34. The van der Waals surface area contributed by atoms with E-state index in [1.54, 1.807) is 0 Å². The topological polar surface area (TPSA) is 20.2 Å². The summed E-state index contributed by atoms with van der Waals surface area (Å²) in [7, 11) is 0. The molecular formula is C13H24O. The van der Waals surface area contributed by atoms with Crippen LogP contribution in [0.4, 0.5) is 0 Å². The minimum atomic E-state index is 0.0273. The van der Waals surface area contributed by atoms with Gasteiger partial charge in [0.15, 0.2) is 0 Å². The van der Waals surface area contributed by atoms with Crippen molar-refractivity contribution in [3.63, 3.8) is 0 Å². The number of hydrogen-bond donors (Lipinski definition) is 1. The van der Waals surface area contributed by atoms with Crippen LogP contribution in [0.25, 0.3) is 0 Å². The fourth-order valence-electron chi connectivity index (χ4n) is 3.74. The Labute approximate surface area is 87.9 Å². The van der Waals surface area contributed by atoms with Crippen LogP contribution in [0.5, 0.6) is 0 Å². The van der Waals surface area contributed by atoms with E-state index in [2.05, 4.69) is 6.92 Å². The van der Waals surface area contributed by atoms with Crippen molar-refractivity contribution in [2.24, 2.45) is 17.8 Å². The van der Waals surface area contributed by atoms with Gasteiger partial charge in [-0.25, -0.2) is 0 Å². The lowest BCUT2D eigenvalue weighted by atomic mass is 9.71. The van der Waals surface area contributed by atoms with Gasteiger partial charge in [-0.15, -0.1) is 0 Å². The average molecular weight is 196 g/mol. The van der Waals surface area contributed by atoms with E-state index < -0.39 is 0 Å². The molecule has 2 aliphatic carbocycles. The monoisotopic (exact) mass is 196 g/mol. The van der Waals surface area contributed by atoms with Crippen molar-refractivity contribution < 1.29 is 5.11 Å². The summed E-state index contributed by atoms with van der Waals surface area (Å²) in [5, 5.41) is 9.59. The first-order valence-corrected chi connectivity index (χ1v) is 6.49. The molecule has 0 aliphatic heterocycles. The molecule has 2 saturated carbocycles. The van der Waals surface area contributed by atoms with Gasteiger partial charge in [-0.2, -0.15) is 0 Å². The molecule has 2 fully saturated rings. The maximum absolute atomic E-state index is 9.59. The second kappa shape index (κ2) is 4.65. The number of aliphatic hydroxyl groups excluding tert-OH is 1. The van der Waals surface area contributed by atoms with Crippen LogP contribution in [0.15, 0.2) is 0 Å². The maximum atomic E-state index is 9.59. The molecule has 0 amide bonds. The molecule has 14 heavy (non-hydrogen) atoms. The van der Waals surface area contributed by atoms with E-state index in [0.29, 0.717) is 0 Å². The van der Waals surface area contributed by atoms with E-state index in [1.807, 2.05) is 0 Å². The third-order valence-corrected chi connectivity index (χ3v) is 4.54. The molecule has 2 rings (SSSR count). The van der Waals surface area contributed by atoms with Gasteiger partial charge < -0.3 is 5.11 Å². The average Bonchev–Trinajstić information content (AvgIpc) is 2.65. The third kappa shape index (κ3) is 2.13. The molecule has 82 valence electrons. The van der Waals surface area contributed by atoms with Gasteiger partial charge in [0.1, 0.15) is 0 Å². The molecule has 0 radical (unpaired) electrons. The molecule has 1 heteroatoms. The quantitative estimate of drug-likeness (QED) is 0.718. The zero-order valence-corrected chi connectivity index (χ0v) is 9.41. The molecule has 1 nitrogen and oxygen atoms in total. The van der Waals surface area contributed by atoms with E-state index in [9.17, 15) is 5.11 Å². The SMILES string of the molecule is CCC1CCCCC1C1CCC(O)C1. The lowest BCUT2D eigenvalue weighted by Gasteiger charge is -2.35. The van der Waals surface area contributed by atoms with Crippen LogP contribution in [0, 0.1) is 17.8 Å². The summed E-state index contributed by atoms with van der Waals surface area (Å²) >= 11 is 0. The Morgan fingerprint density at radius 3 is 2.50 bits per heavy atom. The van der Waals surface area contributed by atoms with Gasteiger partial charge in [0, 0.05) is 0 Å². The Hall–Kier alpha value is -0.0400. The number of rotatable bonds is 2. The van der Waals surface area contributed by atoms with Crippen molar-refractivity contribution in [1.82, 2.24) is 0 Å². The summed E-state index contributed by atoms with van der Waals surface area (Å²) in [6, 6.07) is 0. The van der Waals surface area contributed by atoms with Gasteiger partial charge in [-0.3, -0.25) is 0 Å². The van der Waals surface area contributed by atoms with Crippen LogP contribution in [0.3, 0.4) is 0 Å². The summed E-state index contributed by atoms with van der Waals surface area (Å²) in [5.41, 5.74) is 0. The molecule has 2 aliphatic rings. The Bertz CT molecular complexity index is 178. The van der Waals surface area contributed by atoms with Gasteiger partial charge in [0.25, 0.3) is 0 Å². The van der Waals surface area contributed by atoms with Crippen molar-refractivity contribution in [2.45, 2.75) is 64.4 Å². The second-order valence-electron chi connectivity index (χ2n) is 5.34. The molecule has 0 heterocycles. The van der Waals surface area contributed by atoms with Crippen LogP contribution in [0.1, 0.15) is 58.3 Å². The van der Waals surface area contributed by atoms with Crippen LogP contribution in [0.2, 0.25) is 0 Å². The van der Waals surface area contributed by atoms with Crippen molar-refractivity contribution in [3.8, 4) is 0 Å². The van der Waals surface area contributed by atoms with Crippen LogP contribution >= 0.6 is 0 Å². The first-order chi connectivity index (χ1) is 6.81. The van der Waals surface area contributed by atoms with Crippen LogP contribution in [-0.4, -0.2) is 11.2 Å². The van der Waals surface area contributed by atoms with Crippen molar-refractivity contribution in [3.05, 3.63) is 0 Å². The third-order valence-electron chi connectivity index (χ3n) is 4.54. The van der Waals surface area contributed by atoms with Gasteiger partial charge in [0.2, 0.25) is 0 Å². The van der Waals surface area contributed by atoms with Crippen LogP contribution < -0.4 is 0 Å². The fourth-order valence-corrected chi connectivity index (χ4v) is 3.74. The molecule has 0 saturated heterocycles. The fraction of sp³-hybridized carbons (Fsp3) is 1.00. The lowest BCUT2D eigenvalue weighted by Crippen LogP contribution is -2.25. The first-order valence-electron chi connectivity index (χ1n) is 6.49. The molecule has 4 atom stereocenters. The predicted octanol–water partition coefficient (Wildman–Crippen LogP) is 3.36. The van der Waals surface area contributed by atoms with Crippen molar-refractivity contribution in [2.75, 3.05) is 0 Å².